The minimum atomic E-state index is -0.919. The number of aliphatic hydroxyl groups excluding tert-OH is 1. The van der Waals surface area contributed by atoms with E-state index in [1.54, 1.807) is 24.3 Å². The lowest BCUT2D eigenvalue weighted by molar-refractivity contribution is -0.130. The normalized spacial score (nSPS) is 18.5. The Morgan fingerprint density at radius 1 is 1.33 bits per heavy atom. The Labute approximate surface area is 129 Å². The first-order valence-electron chi connectivity index (χ1n) is 7.20. The van der Waals surface area contributed by atoms with Crippen molar-refractivity contribution in [3.63, 3.8) is 0 Å². The van der Waals surface area contributed by atoms with Crippen molar-refractivity contribution in [3.8, 4) is 6.07 Å². The van der Waals surface area contributed by atoms with Gasteiger partial charge in [-0.15, -0.1) is 0 Å². The number of benzene rings is 1. The number of halogens is 1. The maximum atomic E-state index is 12.3. The van der Waals surface area contributed by atoms with Crippen LogP contribution in [0.3, 0.4) is 0 Å². The number of nitrogens with one attached hydrogen (secondary N) is 1. The van der Waals surface area contributed by atoms with Crippen molar-refractivity contribution in [2.45, 2.75) is 38.2 Å². The van der Waals surface area contributed by atoms with Gasteiger partial charge in [-0.25, -0.2) is 0 Å². The van der Waals surface area contributed by atoms with E-state index in [9.17, 15) is 15.2 Å². The Bertz CT molecular complexity index is 530. The second-order valence-electron chi connectivity index (χ2n) is 5.53. The van der Waals surface area contributed by atoms with Crippen LogP contribution < -0.4 is 5.32 Å². The van der Waals surface area contributed by atoms with E-state index in [2.05, 4.69) is 11.4 Å². The second-order valence-corrected chi connectivity index (χ2v) is 5.97. The van der Waals surface area contributed by atoms with Gasteiger partial charge < -0.3 is 10.4 Å². The summed E-state index contributed by atoms with van der Waals surface area (Å²) in [5.74, 6) is -0.266. The Morgan fingerprint density at radius 3 is 2.52 bits per heavy atom. The van der Waals surface area contributed by atoms with Crippen LogP contribution in [0.15, 0.2) is 24.3 Å². The highest BCUT2D eigenvalue weighted by atomic mass is 35.5. The van der Waals surface area contributed by atoms with E-state index >= 15 is 0 Å². The lowest BCUT2D eigenvalue weighted by Crippen LogP contribution is -2.42. The van der Waals surface area contributed by atoms with Crippen LogP contribution in [0.4, 0.5) is 0 Å². The molecule has 0 saturated heterocycles. The quantitative estimate of drug-likeness (QED) is 0.898. The standard InChI is InChI=1S/C16H19ClN2O2/c17-13-6-4-12(5-7-13)14(20)10-19-15(21)16(11-18)8-2-1-3-9-16/h4-7,14,20H,1-3,8-10H2,(H,19,21). The molecule has 1 amide bonds. The molecule has 4 nitrogen and oxygen atoms in total. The third kappa shape index (κ3) is 3.75. The summed E-state index contributed by atoms with van der Waals surface area (Å²) in [6.45, 7) is 0.101. The second kappa shape index (κ2) is 6.93. The predicted octanol–water partition coefficient (Wildman–Crippen LogP) is 2.96. The van der Waals surface area contributed by atoms with Gasteiger partial charge >= 0.3 is 0 Å². The molecule has 1 aliphatic rings. The summed E-state index contributed by atoms with van der Waals surface area (Å²) in [4.78, 5) is 12.3. The topological polar surface area (TPSA) is 73.1 Å². The molecule has 0 heterocycles. The van der Waals surface area contributed by atoms with E-state index in [1.807, 2.05) is 0 Å². The fourth-order valence-electron chi connectivity index (χ4n) is 2.71. The van der Waals surface area contributed by atoms with Gasteiger partial charge in [-0.2, -0.15) is 5.26 Å². The summed E-state index contributed by atoms with van der Waals surface area (Å²) in [6.07, 6.45) is 3.29. The van der Waals surface area contributed by atoms with E-state index in [1.165, 1.54) is 0 Å². The summed E-state index contributed by atoms with van der Waals surface area (Å²) >= 11 is 5.80. The monoisotopic (exact) mass is 306 g/mol. The van der Waals surface area contributed by atoms with Gasteiger partial charge in [0.2, 0.25) is 5.91 Å². The number of carbonyl (C=O) groups is 1. The van der Waals surface area contributed by atoms with Crippen molar-refractivity contribution in [2.75, 3.05) is 6.54 Å². The molecule has 0 aromatic heterocycles. The summed E-state index contributed by atoms with van der Waals surface area (Å²) in [7, 11) is 0. The molecule has 1 atom stereocenters. The number of hydrogen-bond acceptors (Lipinski definition) is 3. The zero-order valence-electron chi connectivity index (χ0n) is 11.8. The highest BCUT2D eigenvalue weighted by molar-refractivity contribution is 6.30. The SMILES string of the molecule is N#CC1(C(=O)NCC(O)c2ccc(Cl)cc2)CCCCC1. The van der Waals surface area contributed by atoms with Gasteiger partial charge in [0.05, 0.1) is 12.2 Å². The first-order valence-corrected chi connectivity index (χ1v) is 7.58. The Morgan fingerprint density at radius 2 is 1.95 bits per heavy atom. The van der Waals surface area contributed by atoms with Crippen molar-refractivity contribution < 1.29 is 9.90 Å². The molecule has 1 saturated carbocycles. The van der Waals surface area contributed by atoms with Crippen LogP contribution >= 0.6 is 11.6 Å². The Hall–Kier alpha value is -1.57. The van der Waals surface area contributed by atoms with Crippen molar-refractivity contribution in [1.82, 2.24) is 5.32 Å². The Kier molecular flexibility index (Phi) is 5.22. The van der Waals surface area contributed by atoms with Gasteiger partial charge in [-0.05, 0) is 30.5 Å². The van der Waals surface area contributed by atoms with E-state index in [0.717, 1.165) is 19.3 Å². The van der Waals surface area contributed by atoms with E-state index in [-0.39, 0.29) is 12.5 Å². The first-order chi connectivity index (χ1) is 10.1. The number of amides is 1. The lowest BCUT2D eigenvalue weighted by Gasteiger charge is -2.29. The van der Waals surface area contributed by atoms with Crippen LogP contribution in [0.2, 0.25) is 5.02 Å². The molecule has 0 bridgehead atoms. The molecule has 0 aliphatic heterocycles. The maximum absolute atomic E-state index is 12.3. The van der Waals surface area contributed by atoms with E-state index < -0.39 is 11.5 Å². The zero-order chi connectivity index (χ0) is 15.3. The van der Waals surface area contributed by atoms with Crippen molar-refractivity contribution in [3.05, 3.63) is 34.9 Å². The lowest BCUT2D eigenvalue weighted by atomic mass is 9.74. The summed E-state index contributed by atoms with van der Waals surface area (Å²) in [5, 5.41) is 22.7. The number of carbonyl (C=O) groups excluding carboxylic acids is 1. The molecule has 1 aromatic rings. The highest BCUT2D eigenvalue weighted by Gasteiger charge is 2.39. The predicted molar refractivity (Wildman–Crippen MR) is 80.6 cm³/mol. The molecule has 21 heavy (non-hydrogen) atoms. The van der Waals surface area contributed by atoms with Crippen LogP contribution in [-0.2, 0) is 4.79 Å². The average molecular weight is 307 g/mol. The largest absolute Gasteiger partial charge is 0.387 e. The minimum Gasteiger partial charge on any atom is -0.387 e. The number of nitrogens with zero attached hydrogens (tertiary/aromatic N) is 1. The fourth-order valence-corrected chi connectivity index (χ4v) is 2.83. The first kappa shape index (κ1) is 15.8. The summed E-state index contributed by atoms with van der Waals surface area (Å²) in [6, 6.07) is 9.01. The number of rotatable bonds is 4. The molecular formula is C16H19ClN2O2. The molecule has 1 unspecified atom stereocenters. The fraction of sp³-hybridized carbons (Fsp3) is 0.500. The van der Waals surface area contributed by atoms with Crippen LogP contribution in [-0.4, -0.2) is 17.6 Å². The van der Waals surface area contributed by atoms with Gasteiger partial charge in [0.25, 0.3) is 0 Å². The molecule has 5 heteroatoms. The van der Waals surface area contributed by atoms with Crippen LogP contribution in [0.5, 0.6) is 0 Å². The van der Waals surface area contributed by atoms with Gasteiger partial charge in [-0.1, -0.05) is 43.0 Å². The molecule has 112 valence electrons. The van der Waals surface area contributed by atoms with E-state index in [0.29, 0.717) is 23.4 Å². The van der Waals surface area contributed by atoms with Crippen molar-refractivity contribution in [2.24, 2.45) is 5.41 Å². The molecule has 1 aliphatic carbocycles. The van der Waals surface area contributed by atoms with Crippen LogP contribution in [0.25, 0.3) is 0 Å². The van der Waals surface area contributed by atoms with Gasteiger partial charge in [0, 0.05) is 11.6 Å². The van der Waals surface area contributed by atoms with Gasteiger partial charge in [-0.3, -0.25) is 4.79 Å². The number of hydrogen-bond donors (Lipinski definition) is 2. The van der Waals surface area contributed by atoms with Crippen LogP contribution in [0, 0.1) is 16.7 Å². The van der Waals surface area contributed by atoms with Gasteiger partial charge in [0.15, 0.2) is 0 Å². The third-order valence-corrected chi connectivity index (χ3v) is 4.32. The molecule has 1 aromatic carbocycles. The molecular weight excluding hydrogens is 288 g/mol. The zero-order valence-corrected chi connectivity index (χ0v) is 12.6. The van der Waals surface area contributed by atoms with Crippen molar-refractivity contribution in [1.29, 1.82) is 5.26 Å². The molecule has 0 spiro atoms. The smallest absolute Gasteiger partial charge is 0.240 e. The molecule has 1 fully saturated rings. The van der Waals surface area contributed by atoms with Gasteiger partial charge in [0.1, 0.15) is 5.41 Å². The van der Waals surface area contributed by atoms with Crippen molar-refractivity contribution >= 4 is 17.5 Å². The maximum Gasteiger partial charge on any atom is 0.240 e. The molecule has 2 N–H and O–H groups in total. The average Bonchev–Trinajstić information content (AvgIpc) is 2.53. The third-order valence-electron chi connectivity index (χ3n) is 4.07. The highest BCUT2D eigenvalue weighted by Crippen LogP contribution is 2.35. The van der Waals surface area contributed by atoms with E-state index in [4.69, 9.17) is 11.6 Å². The molecule has 0 radical (unpaired) electrons. The minimum absolute atomic E-state index is 0.101. The summed E-state index contributed by atoms with van der Waals surface area (Å²) in [5.41, 5.74) is -0.229. The summed E-state index contributed by atoms with van der Waals surface area (Å²) < 4.78 is 0. The molecule has 2 rings (SSSR count). The number of aliphatic hydroxyl groups is 1. The van der Waals surface area contributed by atoms with Crippen LogP contribution in [0.1, 0.15) is 43.8 Å². The Balaban J connectivity index is 1.94. The number of nitriles is 1.